The Kier molecular flexibility index (Phi) is 3.45. The molecular weight excluding hydrogens is 328 g/mol. The van der Waals surface area contributed by atoms with Crippen molar-refractivity contribution < 1.29 is 4.79 Å². The number of nitrogens with one attached hydrogen (secondary N) is 2. The van der Waals surface area contributed by atoms with E-state index in [0.29, 0.717) is 22.4 Å². The topological polar surface area (TPSA) is 85.7 Å². The van der Waals surface area contributed by atoms with Crippen molar-refractivity contribution in [2.75, 3.05) is 13.1 Å². The number of carbonyl (C=O) groups excluding carboxylic acids is 1. The molecule has 0 saturated carbocycles. The van der Waals surface area contributed by atoms with Crippen LogP contribution in [0.25, 0.3) is 6.08 Å². The lowest BCUT2D eigenvalue weighted by molar-refractivity contribution is 0.151. The number of rotatable bonds is 3. The van der Waals surface area contributed by atoms with Crippen molar-refractivity contribution >= 4 is 23.4 Å². The summed E-state index contributed by atoms with van der Waals surface area (Å²) in [6.45, 7) is 4.94. The van der Waals surface area contributed by atoms with Gasteiger partial charge in [-0.25, -0.2) is 4.79 Å². The number of carbonyl (C=O) groups is 1. The van der Waals surface area contributed by atoms with E-state index < -0.39 is 0 Å². The van der Waals surface area contributed by atoms with Crippen molar-refractivity contribution in [3.05, 3.63) is 43.7 Å². The molecule has 2 aromatic rings. The molecule has 2 aliphatic heterocycles. The Bertz CT molecular complexity index is 944. The number of urea groups is 1. The van der Waals surface area contributed by atoms with Crippen LogP contribution in [-0.4, -0.2) is 44.6 Å². The number of fused-ring (bicyclic) bond motifs is 3. The van der Waals surface area contributed by atoms with Crippen LogP contribution in [-0.2, 0) is 0 Å². The third-order valence-electron chi connectivity index (χ3n) is 4.41. The molecule has 2 aliphatic rings. The quantitative estimate of drug-likeness (QED) is 0.808. The maximum absolute atomic E-state index is 12.9. The minimum Gasteiger partial charge on any atom is -0.362 e. The third-order valence-corrected chi connectivity index (χ3v) is 5.40. The van der Waals surface area contributed by atoms with E-state index in [9.17, 15) is 9.59 Å². The molecule has 8 nitrogen and oxygen atoms in total. The summed E-state index contributed by atoms with van der Waals surface area (Å²) in [7, 11) is 0. The van der Waals surface area contributed by atoms with Gasteiger partial charge in [-0.3, -0.25) is 24.6 Å². The molecule has 0 bridgehead atoms. The fourth-order valence-electron chi connectivity index (χ4n) is 3.29. The normalized spacial score (nSPS) is 23.1. The number of aromatic amines is 1. The molecule has 0 aromatic carbocycles. The van der Waals surface area contributed by atoms with Gasteiger partial charge in [0.05, 0.1) is 4.53 Å². The molecule has 2 unspecified atom stereocenters. The van der Waals surface area contributed by atoms with E-state index in [1.807, 2.05) is 38.3 Å². The van der Waals surface area contributed by atoms with Gasteiger partial charge in [-0.1, -0.05) is 11.3 Å². The molecule has 24 heavy (non-hydrogen) atoms. The second kappa shape index (κ2) is 5.52. The zero-order chi connectivity index (χ0) is 16.8. The molecule has 0 radical (unpaired) electrons. The molecule has 2 N–H and O–H groups in total. The molecule has 4 heterocycles. The van der Waals surface area contributed by atoms with Gasteiger partial charge in [0, 0.05) is 25.0 Å². The molecule has 2 aromatic heterocycles. The number of hydrogen-bond acceptors (Lipinski definition) is 5. The predicted molar refractivity (Wildman–Crippen MR) is 89.8 cm³/mol. The standard InChI is InChI=1S/C15H18N6O2S/c1-3-19-11-12(20(4-2)15(19)23)21-13(22)10(24-14(21)18-17-11)8-9-6-5-7-16-9/h5-8,11-12,16-17H,3-4H2,1-2H3/b10-8-. The molecule has 2 amide bonds. The SMILES string of the molecule is CCN1C(=O)N(CC)C2C1NN=c1s/c(=C\c3ccc[nH]3)c(=O)n12. The summed E-state index contributed by atoms with van der Waals surface area (Å²) in [5.74, 6) is 0. The highest BCUT2D eigenvalue weighted by Gasteiger charge is 2.48. The van der Waals surface area contributed by atoms with Gasteiger partial charge < -0.3 is 4.98 Å². The molecule has 2 atom stereocenters. The van der Waals surface area contributed by atoms with Gasteiger partial charge in [0.2, 0.25) is 4.80 Å². The van der Waals surface area contributed by atoms with E-state index in [1.54, 1.807) is 14.4 Å². The first-order valence-electron chi connectivity index (χ1n) is 7.92. The average molecular weight is 346 g/mol. The van der Waals surface area contributed by atoms with Gasteiger partial charge in [-0.05, 0) is 32.1 Å². The van der Waals surface area contributed by atoms with Gasteiger partial charge in [0.15, 0.2) is 12.3 Å². The van der Waals surface area contributed by atoms with Crippen LogP contribution >= 0.6 is 11.3 Å². The molecule has 0 aliphatic carbocycles. The Morgan fingerprint density at radius 2 is 2.08 bits per heavy atom. The van der Waals surface area contributed by atoms with Crippen molar-refractivity contribution in [3.8, 4) is 0 Å². The maximum atomic E-state index is 12.9. The smallest absolute Gasteiger partial charge is 0.323 e. The highest BCUT2D eigenvalue weighted by atomic mass is 32.1. The molecule has 1 fully saturated rings. The summed E-state index contributed by atoms with van der Waals surface area (Å²) in [5.41, 5.74) is 3.80. The van der Waals surface area contributed by atoms with E-state index in [0.717, 1.165) is 5.69 Å². The summed E-state index contributed by atoms with van der Waals surface area (Å²) in [6.07, 6.45) is 2.94. The molecule has 9 heteroatoms. The lowest BCUT2D eigenvalue weighted by Crippen LogP contribution is -2.53. The number of aromatic nitrogens is 2. The first-order chi connectivity index (χ1) is 11.7. The van der Waals surface area contributed by atoms with Gasteiger partial charge in [0.1, 0.15) is 0 Å². The van der Waals surface area contributed by atoms with E-state index in [-0.39, 0.29) is 23.9 Å². The van der Waals surface area contributed by atoms with Crippen LogP contribution in [0.2, 0.25) is 0 Å². The Hall–Kier alpha value is -2.55. The third kappa shape index (κ3) is 2.01. The van der Waals surface area contributed by atoms with Crippen molar-refractivity contribution in [1.29, 1.82) is 0 Å². The van der Waals surface area contributed by atoms with Gasteiger partial charge in [0.25, 0.3) is 5.56 Å². The van der Waals surface area contributed by atoms with Gasteiger partial charge in [-0.2, -0.15) is 0 Å². The van der Waals surface area contributed by atoms with E-state index in [1.165, 1.54) is 11.3 Å². The van der Waals surface area contributed by atoms with Crippen molar-refractivity contribution in [1.82, 2.24) is 24.8 Å². The number of amides is 2. The molecule has 126 valence electrons. The molecule has 1 saturated heterocycles. The zero-order valence-corrected chi connectivity index (χ0v) is 14.2. The van der Waals surface area contributed by atoms with E-state index in [4.69, 9.17) is 0 Å². The maximum Gasteiger partial charge on any atom is 0.323 e. The summed E-state index contributed by atoms with van der Waals surface area (Å²) >= 11 is 1.32. The lowest BCUT2D eigenvalue weighted by Gasteiger charge is -2.29. The Morgan fingerprint density at radius 1 is 1.29 bits per heavy atom. The van der Waals surface area contributed by atoms with Crippen molar-refractivity contribution in [3.63, 3.8) is 0 Å². The monoisotopic (exact) mass is 346 g/mol. The number of thiazole rings is 1. The Morgan fingerprint density at radius 3 is 2.75 bits per heavy atom. The number of hydrogen-bond donors (Lipinski definition) is 2. The lowest BCUT2D eigenvalue weighted by atomic mass is 10.3. The summed E-state index contributed by atoms with van der Waals surface area (Å²) in [5, 5.41) is 4.33. The minimum absolute atomic E-state index is 0.0708. The summed E-state index contributed by atoms with van der Waals surface area (Å²) in [4.78, 5) is 32.6. The fraction of sp³-hybridized carbons (Fsp3) is 0.400. The summed E-state index contributed by atoms with van der Waals surface area (Å²) < 4.78 is 2.23. The first-order valence-corrected chi connectivity index (χ1v) is 8.74. The Labute approximate surface area is 141 Å². The minimum atomic E-state index is -0.371. The van der Waals surface area contributed by atoms with Crippen LogP contribution in [0.4, 0.5) is 4.79 Å². The second-order valence-electron chi connectivity index (χ2n) is 5.65. The highest BCUT2D eigenvalue weighted by molar-refractivity contribution is 7.07. The highest BCUT2D eigenvalue weighted by Crippen LogP contribution is 2.28. The molecule has 4 rings (SSSR count). The van der Waals surface area contributed by atoms with Crippen LogP contribution in [0.5, 0.6) is 0 Å². The summed E-state index contributed by atoms with van der Waals surface area (Å²) in [6, 6.07) is 3.71. The van der Waals surface area contributed by atoms with E-state index in [2.05, 4.69) is 15.5 Å². The van der Waals surface area contributed by atoms with Crippen LogP contribution in [0.15, 0.2) is 28.2 Å². The number of nitrogens with zero attached hydrogens (tertiary/aromatic N) is 4. The van der Waals surface area contributed by atoms with Crippen LogP contribution < -0.4 is 20.3 Å². The van der Waals surface area contributed by atoms with Crippen LogP contribution in [0.1, 0.15) is 25.7 Å². The second-order valence-corrected chi connectivity index (χ2v) is 6.66. The number of likely N-dealkylation sites (N-methyl/N-ethyl adjacent to an activating group) is 2. The average Bonchev–Trinajstić information content (AvgIpc) is 3.25. The largest absolute Gasteiger partial charge is 0.362 e. The fourth-order valence-corrected chi connectivity index (χ4v) is 4.25. The predicted octanol–water partition coefficient (Wildman–Crippen LogP) is -0.193. The van der Waals surface area contributed by atoms with Gasteiger partial charge >= 0.3 is 6.03 Å². The van der Waals surface area contributed by atoms with E-state index >= 15 is 0 Å². The van der Waals surface area contributed by atoms with Crippen LogP contribution in [0, 0.1) is 0 Å². The van der Waals surface area contributed by atoms with Gasteiger partial charge in [-0.15, -0.1) is 5.10 Å². The van der Waals surface area contributed by atoms with Crippen molar-refractivity contribution in [2.45, 2.75) is 26.2 Å². The van der Waals surface area contributed by atoms with Crippen LogP contribution in [0.3, 0.4) is 0 Å². The van der Waals surface area contributed by atoms with Crippen molar-refractivity contribution in [2.24, 2.45) is 5.10 Å². The number of H-pyrrole nitrogens is 1. The molecule has 0 spiro atoms. The molecular formula is C15H18N6O2S. The Balaban J connectivity index is 1.89. The zero-order valence-electron chi connectivity index (χ0n) is 13.4. The first kappa shape index (κ1) is 15.0.